The van der Waals surface area contributed by atoms with Gasteiger partial charge in [0, 0.05) is 13.6 Å². The van der Waals surface area contributed by atoms with Gasteiger partial charge in [0.15, 0.2) is 0 Å². The SMILES string of the molecule is C=CCn1c(=O)n(C)c(=O)n(CCCCC(C)(C)C)c1=O. The average molecular weight is 295 g/mol. The van der Waals surface area contributed by atoms with Crippen molar-refractivity contribution in [3.8, 4) is 0 Å². The molecule has 1 heterocycles. The lowest BCUT2D eigenvalue weighted by atomic mass is 9.90. The van der Waals surface area contributed by atoms with Gasteiger partial charge in [0.1, 0.15) is 0 Å². The van der Waals surface area contributed by atoms with Gasteiger partial charge in [-0.1, -0.05) is 33.3 Å². The van der Waals surface area contributed by atoms with E-state index in [4.69, 9.17) is 0 Å². The van der Waals surface area contributed by atoms with Crippen LogP contribution in [0.4, 0.5) is 0 Å². The van der Waals surface area contributed by atoms with Crippen LogP contribution in [0.2, 0.25) is 0 Å². The Morgan fingerprint density at radius 2 is 1.57 bits per heavy atom. The molecule has 6 nitrogen and oxygen atoms in total. The number of nitrogens with zero attached hydrogens (tertiary/aromatic N) is 3. The zero-order valence-electron chi connectivity index (χ0n) is 13.4. The molecule has 21 heavy (non-hydrogen) atoms. The summed E-state index contributed by atoms with van der Waals surface area (Å²) in [6.45, 7) is 10.4. The van der Waals surface area contributed by atoms with E-state index in [2.05, 4.69) is 27.4 Å². The third kappa shape index (κ3) is 4.31. The maximum Gasteiger partial charge on any atom is 0.336 e. The molecule has 0 unspecified atom stereocenters. The molecule has 0 atom stereocenters. The Balaban J connectivity index is 3.03. The molecule has 1 rings (SSSR count). The van der Waals surface area contributed by atoms with Crippen molar-refractivity contribution in [2.75, 3.05) is 0 Å². The third-order valence-electron chi connectivity index (χ3n) is 3.37. The Bertz CT molecular complexity index is 671. The van der Waals surface area contributed by atoms with E-state index in [1.54, 1.807) is 0 Å². The molecule has 0 saturated heterocycles. The fraction of sp³-hybridized carbons (Fsp3) is 0.667. The molecule has 0 radical (unpaired) electrons. The van der Waals surface area contributed by atoms with Crippen LogP contribution in [0.1, 0.15) is 40.0 Å². The van der Waals surface area contributed by atoms with Crippen LogP contribution in [-0.4, -0.2) is 13.7 Å². The number of rotatable bonds is 6. The van der Waals surface area contributed by atoms with E-state index < -0.39 is 17.1 Å². The van der Waals surface area contributed by atoms with Crippen molar-refractivity contribution in [3.63, 3.8) is 0 Å². The summed E-state index contributed by atoms with van der Waals surface area (Å²) in [5.41, 5.74) is -1.48. The fourth-order valence-electron chi connectivity index (χ4n) is 2.16. The van der Waals surface area contributed by atoms with Gasteiger partial charge in [0.05, 0.1) is 6.54 Å². The van der Waals surface area contributed by atoms with Gasteiger partial charge in [-0.25, -0.2) is 28.1 Å². The molecule has 0 bridgehead atoms. The Hall–Kier alpha value is -1.85. The summed E-state index contributed by atoms with van der Waals surface area (Å²) in [5, 5.41) is 0. The molecule has 0 aliphatic carbocycles. The first kappa shape index (κ1) is 17.2. The lowest BCUT2D eigenvalue weighted by Crippen LogP contribution is -2.53. The predicted octanol–water partition coefficient (Wildman–Crippen LogP) is 1.11. The van der Waals surface area contributed by atoms with Gasteiger partial charge in [0.25, 0.3) is 0 Å². The lowest BCUT2D eigenvalue weighted by molar-refractivity contribution is 0.350. The number of aromatic nitrogens is 3. The number of allylic oxidation sites excluding steroid dienone is 1. The highest BCUT2D eigenvalue weighted by molar-refractivity contribution is 4.81. The van der Waals surface area contributed by atoms with E-state index in [-0.39, 0.29) is 12.0 Å². The zero-order valence-corrected chi connectivity index (χ0v) is 13.4. The first-order valence-electron chi connectivity index (χ1n) is 7.20. The van der Waals surface area contributed by atoms with Crippen molar-refractivity contribution >= 4 is 0 Å². The van der Waals surface area contributed by atoms with Crippen molar-refractivity contribution in [1.82, 2.24) is 13.7 Å². The van der Waals surface area contributed by atoms with Gasteiger partial charge < -0.3 is 0 Å². The molecule has 0 saturated carbocycles. The van der Waals surface area contributed by atoms with E-state index in [1.165, 1.54) is 13.1 Å². The van der Waals surface area contributed by atoms with Crippen molar-refractivity contribution in [2.24, 2.45) is 12.5 Å². The van der Waals surface area contributed by atoms with Gasteiger partial charge in [-0.3, -0.25) is 0 Å². The molecule has 0 aliphatic heterocycles. The third-order valence-corrected chi connectivity index (χ3v) is 3.37. The molecule has 0 amide bonds. The average Bonchev–Trinajstić information content (AvgIpc) is 2.39. The minimum absolute atomic E-state index is 0.105. The maximum absolute atomic E-state index is 12.2. The zero-order chi connectivity index (χ0) is 16.2. The Kier molecular flexibility index (Phi) is 5.52. The topological polar surface area (TPSA) is 66.0 Å². The van der Waals surface area contributed by atoms with Crippen molar-refractivity contribution < 1.29 is 0 Å². The molecule has 0 aromatic carbocycles. The Labute approximate surface area is 124 Å². The Morgan fingerprint density at radius 3 is 2.10 bits per heavy atom. The number of hydrogen-bond donors (Lipinski definition) is 0. The van der Waals surface area contributed by atoms with E-state index in [9.17, 15) is 14.4 Å². The van der Waals surface area contributed by atoms with Crippen LogP contribution in [-0.2, 0) is 20.1 Å². The molecular formula is C15H25N3O3. The molecule has 0 fully saturated rings. The lowest BCUT2D eigenvalue weighted by Gasteiger charge is -2.17. The van der Waals surface area contributed by atoms with Gasteiger partial charge in [-0.05, 0) is 18.3 Å². The summed E-state index contributed by atoms with van der Waals surface area (Å²) in [4.78, 5) is 36.1. The molecule has 0 N–H and O–H groups in total. The second-order valence-corrected chi connectivity index (χ2v) is 6.48. The molecule has 1 aromatic heterocycles. The molecule has 1 aromatic rings. The summed E-state index contributed by atoms with van der Waals surface area (Å²) in [5.74, 6) is 0. The molecule has 0 spiro atoms. The van der Waals surface area contributed by atoms with Crippen LogP contribution in [0, 0.1) is 5.41 Å². The largest absolute Gasteiger partial charge is 0.336 e. The number of hydrogen-bond acceptors (Lipinski definition) is 3. The monoisotopic (exact) mass is 295 g/mol. The molecule has 6 heteroatoms. The highest BCUT2D eigenvalue weighted by Crippen LogP contribution is 2.21. The summed E-state index contributed by atoms with van der Waals surface area (Å²) < 4.78 is 3.13. The fourth-order valence-corrected chi connectivity index (χ4v) is 2.16. The quantitative estimate of drug-likeness (QED) is 0.583. The summed E-state index contributed by atoms with van der Waals surface area (Å²) in [7, 11) is 1.38. The van der Waals surface area contributed by atoms with Crippen LogP contribution in [0.25, 0.3) is 0 Å². The minimum atomic E-state index is -0.601. The van der Waals surface area contributed by atoms with Gasteiger partial charge in [-0.2, -0.15) is 0 Å². The second kappa shape index (κ2) is 6.74. The normalized spacial score (nSPS) is 11.6. The Morgan fingerprint density at radius 1 is 1.00 bits per heavy atom. The van der Waals surface area contributed by atoms with Gasteiger partial charge in [0.2, 0.25) is 0 Å². The van der Waals surface area contributed by atoms with Crippen LogP contribution < -0.4 is 17.1 Å². The summed E-state index contributed by atoms with van der Waals surface area (Å²) in [6, 6.07) is 0. The molecule has 118 valence electrons. The van der Waals surface area contributed by atoms with Crippen LogP contribution in [0.5, 0.6) is 0 Å². The van der Waals surface area contributed by atoms with Crippen LogP contribution >= 0.6 is 0 Å². The first-order chi connectivity index (χ1) is 9.69. The van der Waals surface area contributed by atoms with Crippen molar-refractivity contribution in [3.05, 3.63) is 44.1 Å². The van der Waals surface area contributed by atoms with Gasteiger partial charge in [-0.15, -0.1) is 6.58 Å². The van der Waals surface area contributed by atoms with Crippen molar-refractivity contribution in [2.45, 2.75) is 53.1 Å². The summed E-state index contributed by atoms with van der Waals surface area (Å²) in [6.07, 6.45) is 4.16. The molecule has 0 aliphatic rings. The summed E-state index contributed by atoms with van der Waals surface area (Å²) >= 11 is 0. The molecular weight excluding hydrogens is 270 g/mol. The maximum atomic E-state index is 12.2. The smallest absolute Gasteiger partial charge is 0.248 e. The predicted molar refractivity (Wildman–Crippen MR) is 83.7 cm³/mol. The highest BCUT2D eigenvalue weighted by Gasteiger charge is 2.13. The van der Waals surface area contributed by atoms with Crippen LogP contribution in [0.3, 0.4) is 0 Å². The first-order valence-corrected chi connectivity index (χ1v) is 7.20. The van der Waals surface area contributed by atoms with E-state index in [0.717, 1.165) is 33.0 Å². The highest BCUT2D eigenvalue weighted by atomic mass is 16.2. The van der Waals surface area contributed by atoms with E-state index in [1.807, 2.05) is 0 Å². The van der Waals surface area contributed by atoms with E-state index in [0.29, 0.717) is 6.54 Å². The van der Waals surface area contributed by atoms with Crippen molar-refractivity contribution in [1.29, 1.82) is 0 Å². The van der Waals surface area contributed by atoms with E-state index >= 15 is 0 Å². The number of unbranched alkanes of at least 4 members (excludes halogenated alkanes) is 1. The minimum Gasteiger partial charge on any atom is -0.248 e. The van der Waals surface area contributed by atoms with Crippen LogP contribution in [0.15, 0.2) is 27.0 Å². The standard InChI is InChI=1S/C15H25N3O3/c1-6-10-17-12(19)16(5)13(20)18(14(17)21)11-8-7-9-15(2,3)4/h6H,1,7-11H2,2-5H3. The second-order valence-electron chi connectivity index (χ2n) is 6.48. The van der Waals surface area contributed by atoms with Gasteiger partial charge >= 0.3 is 17.1 Å².